The van der Waals surface area contributed by atoms with Gasteiger partial charge in [-0.1, -0.05) is 19.1 Å². The lowest BCUT2D eigenvalue weighted by Gasteiger charge is -2.35. The fraction of sp³-hybridized carbons (Fsp3) is 0.500. The van der Waals surface area contributed by atoms with Crippen LogP contribution < -0.4 is 4.90 Å². The van der Waals surface area contributed by atoms with Crippen molar-refractivity contribution in [2.24, 2.45) is 0 Å². The molecule has 1 atom stereocenters. The van der Waals surface area contributed by atoms with Crippen LogP contribution in [0.15, 0.2) is 18.2 Å². The first-order valence-electron chi connectivity index (χ1n) is 8.56. The molecule has 3 rings (SSSR count). The van der Waals surface area contributed by atoms with E-state index in [4.69, 9.17) is 0 Å². The highest BCUT2D eigenvalue weighted by molar-refractivity contribution is 5.91. The summed E-state index contributed by atoms with van der Waals surface area (Å²) in [6.45, 7) is 7.01. The molecule has 1 aliphatic rings. The van der Waals surface area contributed by atoms with Crippen LogP contribution in [0, 0.1) is 13.8 Å². The molecule has 0 spiro atoms. The summed E-state index contributed by atoms with van der Waals surface area (Å²) in [4.78, 5) is 15.3. The highest BCUT2D eigenvalue weighted by Crippen LogP contribution is 2.28. The summed E-state index contributed by atoms with van der Waals surface area (Å²) in [6.07, 6.45) is 4.30. The highest BCUT2D eigenvalue weighted by atomic mass is 16.4. The SMILES string of the molecule is CCC1CCCCN1c1nn(-c2cccc(C)c2C)nc1C(=O)O. The van der Waals surface area contributed by atoms with E-state index in [1.807, 2.05) is 32.0 Å². The fourth-order valence-electron chi connectivity index (χ4n) is 3.39. The first kappa shape index (κ1) is 16.5. The second kappa shape index (κ2) is 6.63. The predicted octanol–water partition coefficient (Wildman–Crippen LogP) is 3.35. The Balaban J connectivity index is 2.08. The first-order chi connectivity index (χ1) is 11.5. The summed E-state index contributed by atoms with van der Waals surface area (Å²) >= 11 is 0. The van der Waals surface area contributed by atoms with Crippen molar-refractivity contribution >= 4 is 11.8 Å². The maximum absolute atomic E-state index is 11.7. The second-order valence-electron chi connectivity index (χ2n) is 6.44. The van der Waals surface area contributed by atoms with E-state index in [0.29, 0.717) is 11.9 Å². The van der Waals surface area contributed by atoms with Gasteiger partial charge in [-0.3, -0.25) is 0 Å². The monoisotopic (exact) mass is 328 g/mol. The van der Waals surface area contributed by atoms with E-state index in [1.54, 1.807) is 0 Å². The zero-order valence-corrected chi connectivity index (χ0v) is 14.5. The molecule has 128 valence electrons. The van der Waals surface area contributed by atoms with Gasteiger partial charge in [-0.2, -0.15) is 0 Å². The van der Waals surface area contributed by atoms with Gasteiger partial charge in [0.15, 0.2) is 5.82 Å². The van der Waals surface area contributed by atoms with Gasteiger partial charge >= 0.3 is 5.97 Å². The quantitative estimate of drug-likeness (QED) is 0.932. The van der Waals surface area contributed by atoms with Crippen molar-refractivity contribution in [3.05, 3.63) is 35.0 Å². The molecule has 1 aliphatic heterocycles. The number of rotatable bonds is 4. The van der Waals surface area contributed by atoms with Gasteiger partial charge in [-0.15, -0.1) is 15.0 Å². The summed E-state index contributed by atoms with van der Waals surface area (Å²) in [7, 11) is 0. The lowest BCUT2D eigenvalue weighted by atomic mass is 10.00. The molecule has 0 aliphatic carbocycles. The van der Waals surface area contributed by atoms with Crippen molar-refractivity contribution in [1.82, 2.24) is 15.0 Å². The second-order valence-corrected chi connectivity index (χ2v) is 6.44. The van der Waals surface area contributed by atoms with Crippen LogP contribution >= 0.6 is 0 Å². The molecule has 0 amide bonds. The van der Waals surface area contributed by atoms with E-state index in [9.17, 15) is 9.90 Å². The van der Waals surface area contributed by atoms with Crippen LogP contribution in [-0.4, -0.2) is 38.7 Å². The summed E-state index contributed by atoms with van der Waals surface area (Å²) < 4.78 is 0. The van der Waals surface area contributed by atoms with Crippen molar-refractivity contribution in [3.63, 3.8) is 0 Å². The number of hydrogen-bond donors (Lipinski definition) is 1. The normalized spacial score (nSPS) is 18.0. The molecule has 1 aromatic heterocycles. The molecule has 2 heterocycles. The van der Waals surface area contributed by atoms with Crippen molar-refractivity contribution in [3.8, 4) is 5.69 Å². The molecule has 1 N–H and O–H groups in total. The van der Waals surface area contributed by atoms with Crippen molar-refractivity contribution < 1.29 is 9.90 Å². The van der Waals surface area contributed by atoms with E-state index in [1.165, 1.54) is 11.2 Å². The molecular formula is C18H24N4O2. The lowest BCUT2D eigenvalue weighted by Crippen LogP contribution is -2.40. The van der Waals surface area contributed by atoms with Gasteiger partial charge in [0.2, 0.25) is 5.69 Å². The maximum atomic E-state index is 11.7. The van der Waals surface area contributed by atoms with Gasteiger partial charge in [-0.25, -0.2) is 4.79 Å². The van der Waals surface area contributed by atoms with Crippen LogP contribution in [0.25, 0.3) is 5.69 Å². The smallest absolute Gasteiger partial charge is 0.360 e. The Hall–Kier alpha value is -2.37. The third kappa shape index (κ3) is 2.88. The summed E-state index contributed by atoms with van der Waals surface area (Å²) in [6, 6.07) is 6.22. The van der Waals surface area contributed by atoms with E-state index < -0.39 is 5.97 Å². The molecule has 0 bridgehead atoms. The molecule has 0 radical (unpaired) electrons. The van der Waals surface area contributed by atoms with Crippen molar-refractivity contribution in [1.29, 1.82) is 0 Å². The number of benzene rings is 1. The van der Waals surface area contributed by atoms with Gasteiger partial charge in [0.05, 0.1) is 5.69 Å². The van der Waals surface area contributed by atoms with Crippen LogP contribution in [0.1, 0.15) is 54.2 Å². The van der Waals surface area contributed by atoms with Gasteiger partial charge in [0.1, 0.15) is 0 Å². The predicted molar refractivity (Wildman–Crippen MR) is 93.1 cm³/mol. The molecule has 1 saturated heterocycles. The molecular weight excluding hydrogens is 304 g/mol. The highest BCUT2D eigenvalue weighted by Gasteiger charge is 2.29. The van der Waals surface area contributed by atoms with Crippen LogP contribution in [0.2, 0.25) is 0 Å². The molecule has 24 heavy (non-hydrogen) atoms. The Morgan fingerprint density at radius 1 is 1.29 bits per heavy atom. The van der Waals surface area contributed by atoms with Crippen LogP contribution in [0.5, 0.6) is 0 Å². The number of carbonyl (C=O) groups is 1. The van der Waals surface area contributed by atoms with Crippen molar-refractivity contribution in [2.45, 2.75) is 52.5 Å². The molecule has 1 aromatic carbocycles. The van der Waals surface area contributed by atoms with E-state index in [-0.39, 0.29) is 5.69 Å². The maximum Gasteiger partial charge on any atom is 0.360 e. The largest absolute Gasteiger partial charge is 0.476 e. The van der Waals surface area contributed by atoms with Gasteiger partial charge in [0, 0.05) is 12.6 Å². The molecule has 1 fully saturated rings. The average Bonchev–Trinajstić information content (AvgIpc) is 3.02. The number of nitrogens with zero attached hydrogens (tertiary/aromatic N) is 4. The zero-order chi connectivity index (χ0) is 17.3. The number of aromatic nitrogens is 3. The number of aryl methyl sites for hydroxylation is 1. The molecule has 6 nitrogen and oxygen atoms in total. The molecule has 0 saturated carbocycles. The Labute approximate surface area is 142 Å². The Bertz CT molecular complexity index is 753. The number of piperidine rings is 1. The fourth-order valence-corrected chi connectivity index (χ4v) is 3.39. The third-order valence-electron chi connectivity index (χ3n) is 4.96. The van der Waals surface area contributed by atoms with Crippen LogP contribution in [0.3, 0.4) is 0 Å². The summed E-state index contributed by atoms with van der Waals surface area (Å²) in [5, 5.41) is 18.5. The average molecular weight is 328 g/mol. The number of hydrogen-bond acceptors (Lipinski definition) is 4. The van der Waals surface area contributed by atoms with Crippen LogP contribution in [-0.2, 0) is 0 Å². The lowest BCUT2D eigenvalue weighted by molar-refractivity contribution is 0.0690. The van der Waals surface area contributed by atoms with Crippen LogP contribution in [0.4, 0.5) is 5.82 Å². The number of carboxylic acids is 1. The van der Waals surface area contributed by atoms with Gasteiger partial charge < -0.3 is 10.0 Å². The summed E-state index contributed by atoms with van der Waals surface area (Å²) in [5.41, 5.74) is 3.05. The van der Waals surface area contributed by atoms with E-state index in [0.717, 1.165) is 42.6 Å². The topological polar surface area (TPSA) is 71.2 Å². The minimum atomic E-state index is -1.03. The molecule has 6 heteroatoms. The Kier molecular flexibility index (Phi) is 4.55. The number of aromatic carboxylic acids is 1. The van der Waals surface area contributed by atoms with Gasteiger partial charge in [-0.05, 0) is 56.7 Å². The Morgan fingerprint density at radius 2 is 2.08 bits per heavy atom. The Morgan fingerprint density at radius 3 is 2.79 bits per heavy atom. The van der Waals surface area contributed by atoms with E-state index in [2.05, 4.69) is 22.0 Å². The van der Waals surface area contributed by atoms with E-state index >= 15 is 0 Å². The number of anilines is 1. The molecule has 2 aromatic rings. The molecule has 1 unspecified atom stereocenters. The first-order valence-corrected chi connectivity index (χ1v) is 8.56. The minimum absolute atomic E-state index is 0.0382. The minimum Gasteiger partial charge on any atom is -0.476 e. The standard InChI is InChI=1S/C18H24N4O2/c1-4-14-9-5-6-11-21(14)17-16(18(23)24)19-22(20-17)15-10-7-8-12(2)13(15)3/h7-8,10,14H,4-6,9,11H2,1-3H3,(H,23,24). The third-order valence-corrected chi connectivity index (χ3v) is 4.96. The van der Waals surface area contributed by atoms with Crippen molar-refractivity contribution in [2.75, 3.05) is 11.4 Å². The number of carboxylic acid groups (broad SMARTS) is 1. The zero-order valence-electron chi connectivity index (χ0n) is 14.5. The summed E-state index contributed by atoms with van der Waals surface area (Å²) in [5.74, 6) is -0.531. The van der Waals surface area contributed by atoms with Gasteiger partial charge in [0.25, 0.3) is 0 Å².